The maximum absolute atomic E-state index is 10.4. The molecule has 0 aromatic rings. The molecule has 0 saturated heterocycles. The molecule has 0 saturated carbocycles. The third kappa shape index (κ3) is 4.21. The summed E-state index contributed by atoms with van der Waals surface area (Å²) in [5, 5.41) is 0.441. The summed E-state index contributed by atoms with van der Waals surface area (Å²) in [6.45, 7) is 0. The molecule has 10 heteroatoms. The molecule has 88 valence electrons. The highest BCUT2D eigenvalue weighted by molar-refractivity contribution is 8.90. The molecule has 0 fully saturated rings. The summed E-state index contributed by atoms with van der Waals surface area (Å²) in [5.74, 6) is 0. The van der Waals surface area contributed by atoms with E-state index in [4.69, 9.17) is 0 Å². The highest BCUT2D eigenvalue weighted by atomic mass is 35.7. The van der Waals surface area contributed by atoms with Crippen LogP contribution in [-0.4, -0.2) is 34.7 Å². The van der Waals surface area contributed by atoms with E-state index in [1.54, 1.807) is 19.0 Å². The van der Waals surface area contributed by atoms with Crippen LogP contribution in [0.25, 0.3) is 0 Å². The van der Waals surface area contributed by atoms with E-state index in [0.29, 0.717) is 9.49 Å². The van der Waals surface area contributed by atoms with Crippen LogP contribution in [0.5, 0.6) is 0 Å². The minimum atomic E-state index is -4.42. The van der Waals surface area contributed by atoms with Gasteiger partial charge in [0.05, 0.1) is 10.2 Å². The van der Waals surface area contributed by atoms with Crippen LogP contribution in [0.4, 0.5) is 0 Å². The second-order valence-electron chi connectivity index (χ2n) is 2.52. The molecule has 0 N–H and O–H groups in total. The van der Waals surface area contributed by atoms with E-state index in [1.807, 2.05) is 6.26 Å². The monoisotopic (exact) mass is 292 g/mol. The molecule has 1 atom stereocenters. The molecule has 1 aliphatic heterocycles. The Morgan fingerprint density at radius 2 is 2.07 bits per heavy atom. The zero-order valence-corrected chi connectivity index (χ0v) is 11.3. The van der Waals surface area contributed by atoms with E-state index < -0.39 is 20.0 Å². The molecule has 1 heterocycles. The first-order chi connectivity index (χ1) is 6.83. The van der Waals surface area contributed by atoms with E-state index in [9.17, 15) is 14.0 Å². The molecule has 0 aromatic heterocycles. The molecule has 0 radical (unpaired) electrons. The molecule has 0 aliphatic carbocycles. The van der Waals surface area contributed by atoms with Gasteiger partial charge in [0.1, 0.15) is 4.38 Å². The van der Waals surface area contributed by atoms with Crippen LogP contribution >= 0.6 is 32.4 Å². The molecule has 15 heavy (non-hydrogen) atoms. The number of nitrogens with zero attached hydrogens (tertiary/aromatic N) is 2. The van der Waals surface area contributed by atoms with E-state index in [-0.39, 0.29) is 0 Å². The Balaban J connectivity index is 2.83. The molecule has 0 aromatic carbocycles. The quantitative estimate of drug-likeness (QED) is 0.434. The van der Waals surface area contributed by atoms with Crippen molar-refractivity contribution in [2.45, 2.75) is 0 Å². The summed E-state index contributed by atoms with van der Waals surface area (Å²) < 4.78 is 36.4. The summed E-state index contributed by atoms with van der Waals surface area (Å²) in [6, 6.07) is 0. The van der Waals surface area contributed by atoms with Gasteiger partial charge in [0.25, 0.3) is 0 Å². The van der Waals surface area contributed by atoms with Gasteiger partial charge in [-0.2, -0.15) is 14.0 Å². The summed E-state index contributed by atoms with van der Waals surface area (Å²) in [5.41, 5.74) is 0. The van der Waals surface area contributed by atoms with Gasteiger partial charge in [0.15, 0.2) is 8.85 Å². The van der Waals surface area contributed by atoms with Gasteiger partial charge in [-0.25, -0.2) is 4.99 Å². The average Bonchev–Trinajstić information content (AvgIpc) is 2.44. The van der Waals surface area contributed by atoms with Crippen molar-refractivity contribution in [2.75, 3.05) is 20.4 Å². The molecule has 6 nitrogen and oxygen atoms in total. The predicted octanol–water partition coefficient (Wildman–Crippen LogP) is -1.89. The maximum atomic E-state index is 10.4. The van der Waals surface area contributed by atoms with Gasteiger partial charge in [-0.3, -0.25) is 4.90 Å². The number of thioether (sulfide) groups is 1. The van der Waals surface area contributed by atoms with Crippen LogP contribution < -0.4 is 14.0 Å². The van der Waals surface area contributed by atoms with Gasteiger partial charge in [-0.05, 0) is 20.4 Å². The molecule has 1 rings (SSSR count). The second kappa shape index (κ2) is 5.34. The summed E-state index contributed by atoms with van der Waals surface area (Å²) in [4.78, 5) is 5.76. The molecular formula is C5H9ClN2O4S3. The third-order valence-corrected chi connectivity index (χ3v) is 6.73. The molecule has 0 bridgehead atoms. The minimum absolute atomic E-state index is 0.441. The fourth-order valence-electron chi connectivity index (χ4n) is 0.676. The largest absolute Gasteiger partial charge is 0.258 e. The van der Waals surface area contributed by atoms with Gasteiger partial charge in [0, 0.05) is 10.8 Å². The lowest BCUT2D eigenvalue weighted by Crippen LogP contribution is -2.60. The van der Waals surface area contributed by atoms with Crippen molar-refractivity contribution in [1.29, 1.82) is 0 Å². The van der Waals surface area contributed by atoms with Crippen LogP contribution in [0.15, 0.2) is 4.99 Å². The number of rotatable bonds is 2. The van der Waals surface area contributed by atoms with E-state index in [0.717, 1.165) is 10.8 Å². The average molecular weight is 293 g/mol. The minimum Gasteiger partial charge on any atom is -0.258 e. The normalized spacial score (nSPS) is 22.5. The second-order valence-corrected chi connectivity index (χ2v) is 7.63. The first-order valence-corrected chi connectivity index (χ1v) is 8.48. The Labute approximate surface area is 100.0 Å². The first kappa shape index (κ1) is 13.7. The van der Waals surface area contributed by atoms with Crippen LogP contribution in [0.1, 0.15) is 0 Å². The lowest BCUT2D eigenvalue weighted by atomic mass is 10.9. The molecule has 1 unspecified atom stereocenters. The van der Waals surface area contributed by atoms with Crippen molar-refractivity contribution in [3.05, 3.63) is 0 Å². The van der Waals surface area contributed by atoms with E-state index in [2.05, 4.69) is 8.73 Å². The van der Waals surface area contributed by atoms with Crippen molar-refractivity contribution in [3.8, 4) is 0 Å². The predicted molar refractivity (Wildman–Crippen MR) is 55.9 cm³/mol. The third-order valence-electron chi connectivity index (χ3n) is 1.17. The first-order valence-electron chi connectivity index (χ1n) is 3.54. The highest BCUT2D eigenvalue weighted by Gasteiger charge is 2.32. The van der Waals surface area contributed by atoms with Gasteiger partial charge in [-0.15, -0.1) is 11.8 Å². The van der Waals surface area contributed by atoms with Crippen molar-refractivity contribution in [1.82, 2.24) is 4.90 Å². The fourth-order valence-corrected chi connectivity index (χ4v) is 6.17. The zero-order valence-electron chi connectivity index (χ0n) is 8.13. The molecule has 0 spiro atoms. The number of hydrogen-bond acceptors (Lipinski definition) is 8. The molecule has 1 aliphatic rings. The van der Waals surface area contributed by atoms with Gasteiger partial charge in [0.2, 0.25) is 9.80 Å². The van der Waals surface area contributed by atoms with Crippen LogP contribution in [-0.2, 0) is 3.74 Å². The van der Waals surface area contributed by atoms with Crippen molar-refractivity contribution in [2.24, 2.45) is 4.99 Å². The number of aliphatic imine (C=N–C) groups is 1. The van der Waals surface area contributed by atoms with Crippen molar-refractivity contribution in [3.63, 3.8) is 0 Å². The Kier molecular flexibility index (Phi) is 4.89. The topological polar surface area (TPSA) is 94.0 Å². The van der Waals surface area contributed by atoms with Gasteiger partial charge >= 0.3 is 0 Å². The zero-order chi connectivity index (χ0) is 11.6. The maximum Gasteiger partial charge on any atom is 0.212 e. The number of hydrogen-bond donors (Lipinski definition) is 0. The summed E-state index contributed by atoms with van der Waals surface area (Å²) in [7, 11) is -1.05. The van der Waals surface area contributed by atoms with Crippen LogP contribution in [0.2, 0.25) is 0 Å². The lowest BCUT2D eigenvalue weighted by molar-refractivity contribution is -1.91. The van der Waals surface area contributed by atoms with Crippen molar-refractivity contribution < 1.29 is 28.0 Å². The Hall–Kier alpha value is 0.680. The van der Waals surface area contributed by atoms with E-state index in [1.165, 1.54) is 11.8 Å². The fraction of sp³-hybridized carbons (Fsp3) is 0.600. The van der Waals surface area contributed by atoms with Gasteiger partial charge in [-0.1, -0.05) is 0 Å². The molecule has 0 amide bonds. The highest BCUT2D eigenvalue weighted by Crippen LogP contribution is 2.44. The Bertz CT molecular complexity index is 314. The summed E-state index contributed by atoms with van der Waals surface area (Å²) >= 11 is 1.38. The smallest absolute Gasteiger partial charge is 0.212 e. The lowest BCUT2D eigenvalue weighted by Gasteiger charge is -2.13. The summed E-state index contributed by atoms with van der Waals surface area (Å²) in [6.07, 6.45) is 1.81. The van der Waals surface area contributed by atoms with Crippen LogP contribution in [0, 0.1) is 10.2 Å². The van der Waals surface area contributed by atoms with Gasteiger partial charge < -0.3 is 0 Å². The van der Waals surface area contributed by atoms with Crippen molar-refractivity contribution >= 4 is 41.8 Å². The Morgan fingerprint density at radius 1 is 1.47 bits per heavy atom. The van der Waals surface area contributed by atoms with E-state index >= 15 is 0 Å². The number of halogens is 1. The van der Waals surface area contributed by atoms with Crippen LogP contribution in [0.3, 0.4) is 0 Å². The SMILES string of the molecule is CSC1=NC(N(C)C)=S(O[Cl+3]([O-])([O-])[O-])S1. The Morgan fingerprint density at radius 3 is 2.47 bits per heavy atom. The standard InChI is InChI=1S/C5H9ClN2O4S3/c1-8(2)4-7-5(13-3)14-15(4)12-6(9,10)11/h1-3H3. The molecular weight excluding hydrogens is 284 g/mol.